The van der Waals surface area contributed by atoms with Crippen molar-refractivity contribution < 1.29 is 9.84 Å². The Morgan fingerprint density at radius 1 is 1.09 bits per heavy atom. The summed E-state index contributed by atoms with van der Waals surface area (Å²) in [4.78, 5) is 0. The zero-order chi connectivity index (χ0) is 16.0. The zero-order valence-electron chi connectivity index (χ0n) is 13.9. The number of ether oxygens (including phenoxy) is 1. The summed E-state index contributed by atoms with van der Waals surface area (Å²) in [7, 11) is 0. The van der Waals surface area contributed by atoms with Gasteiger partial charge in [-0.15, -0.1) is 0 Å². The molecule has 0 fully saturated rings. The van der Waals surface area contributed by atoms with Gasteiger partial charge in [-0.05, 0) is 31.0 Å². The molecule has 0 radical (unpaired) electrons. The van der Waals surface area contributed by atoms with E-state index in [0.717, 1.165) is 49.5 Å². The average Bonchev–Trinajstić information content (AvgIpc) is 2.52. The van der Waals surface area contributed by atoms with E-state index >= 15 is 0 Å². The summed E-state index contributed by atoms with van der Waals surface area (Å²) in [6, 6.07) is 5.90. The van der Waals surface area contributed by atoms with Gasteiger partial charge >= 0.3 is 0 Å². The minimum atomic E-state index is 0.216. The Bertz CT molecular complexity index is 397. The summed E-state index contributed by atoms with van der Waals surface area (Å²) in [5.41, 5.74) is 7.89. The van der Waals surface area contributed by atoms with Gasteiger partial charge < -0.3 is 20.9 Å². The second-order valence-corrected chi connectivity index (χ2v) is 5.73. The maximum Gasteiger partial charge on any atom is 0.121 e. The number of anilines is 1. The highest BCUT2D eigenvalue weighted by molar-refractivity contribution is 5.51. The quantitative estimate of drug-likeness (QED) is 0.385. The molecule has 0 amide bonds. The standard InChI is InChI=1S/C18H32N2O2/c1-2-3-4-5-6-7-13-22-17-10-9-16(18(19)14-17)15-20-11-8-12-21/h9-10,14,20-21H,2-8,11-13,15,19H2,1H3. The molecule has 4 N–H and O–H groups in total. The third-order valence-electron chi connectivity index (χ3n) is 3.71. The minimum absolute atomic E-state index is 0.216. The van der Waals surface area contributed by atoms with Crippen molar-refractivity contribution in [2.75, 3.05) is 25.5 Å². The van der Waals surface area contributed by atoms with E-state index in [9.17, 15) is 0 Å². The molecule has 0 atom stereocenters. The molecule has 0 aromatic heterocycles. The summed E-state index contributed by atoms with van der Waals surface area (Å²) in [5.74, 6) is 0.852. The number of nitrogen functional groups attached to an aromatic ring is 1. The summed E-state index contributed by atoms with van der Waals surface area (Å²) in [5, 5.41) is 12.0. The molecule has 1 aromatic rings. The Hall–Kier alpha value is -1.26. The van der Waals surface area contributed by atoms with Crippen molar-refractivity contribution in [3.8, 4) is 5.75 Å². The monoisotopic (exact) mass is 308 g/mol. The Morgan fingerprint density at radius 3 is 2.59 bits per heavy atom. The van der Waals surface area contributed by atoms with Gasteiger partial charge in [-0.2, -0.15) is 0 Å². The van der Waals surface area contributed by atoms with Crippen molar-refractivity contribution in [3.05, 3.63) is 23.8 Å². The molecule has 0 aliphatic rings. The van der Waals surface area contributed by atoms with Crippen molar-refractivity contribution in [1.29, 1.82) is 0 Å². The molecule has 4 nitrogen and oxygen atoms in total. The van der Waals surface area contributed by atoms with Crippen LogP contribution in [0.2, 0.25) is 0 Å². The molecular weight excluding hydrogens is 276 g/mol. The molecule has 0 saturated heterocycles. The first kappa shape index (κ1) is 18.8. The highest BCUT2D eigenvalue weighted by Crippen LogP contribution is 2.20. The molecular formula is C18H32N2O2. The number of aliphatic hydroxyl groups excluding tert-OH is 1. The van der Waals surface area contributed by atoms with Gasteiger partial charge in [0.1, 0.15) is 5.75 Å². The van der Waals surface area contributed by atoms with Gasteiger partial charge in [0.2, 0.25) is 0 Å². The molecule has 0 aliphatic carbocycles. The van der Waals surface area contributed by atoms with Crippen LogP contribution in [0.4, 0.5) is 5.69 Å². The second-order valence-electron chi connectivity index (χ2n) is 5.73. The number of benzene rings is 1. The number of hydrogen-bond donors (Lipinski definition) is 3. The molecule has 1 rings (SSSR count). The van der Waals surface area contributed by atoms with Crippen molar-refractivity contribution in [3.63, 3.8) is 0 Å². The molecule has 22 heavy (non-hydrogen) atoms. The number of hydrogen-bond acceptors (Lipinski definition) is 4. The van der Waals surface area contributed by atoms with Crippen LogP contribution in [0.1, 0.15) is 57.4 Å². The highest BCUT2D eigenvalue weighted by atomic mass is 16.5. The maximum absolute atomic E-state index is 8.74. The molecule has 0 heterocycles. The Morgan fingerprint density at radius 2 is 1.86 bits per heavy atom. The average molecular weight is 308 g/mol. The fourth-order valence-electron chi connectivity index (χ4n) is 2.32. The fourth-order valence-corrected chi connectivity index (χ4v) is 2.32. The van der Waals surface area contributed by atoms with Gasteiger partial charge in [-0.1, -0.05) is 45.1 Å². The fraction of sp³-hybridized carbons (Fsp3) is 0.667. The van der Waals surface area contributed by atoms with Crippen molar-refractivity contribution in [2.45, 2.75) is 58.4 Å². The Labute approximate surface area is 135 Å². The Kier molecular flexibility index (Phi) is 10.5. The lowest BCUT2D eigenvalue weighted by Crippen LogP contribution is -2.16. The summed E-state index contributed by atoms with van der Waals surface area (Å²) < 4.78 is 5.76. The third kappa shape index (κ3) is 8.25. The van der Waals surface area contributed by atoms with E-state index in [-0.39, 0.29) is 6.61 Å². The molecule has 0 bridgehead atoms. The first-order valence-corrected chi connectivity index (χ1v) is 8.60. The summed E-state index contributed by atoms with van der Waals surface area (Å²) in [6.07, 6.45) is 8.37. The van der Waals surface area contributed by atoms with Crippen molar-refractivity contribution >= 4 is 5.69 Å². The normalized spacial score (nSPS) is 10.8. The van der Waals surface area contributed by atoms with Crippen LogP contribution in [0.15, 0.2) is 18.2 Å². The topological polar surface area (TPSA) is 67.5 Å². The van der Waals surface area contributed by atoms with E-state index in [4.69, 9.17) is 15.6 Å². The molecule has 126 valence electrons. The number of rotatable bonds is 13. The molecule has 0 spiro atoms. The van der Waals surface area contributed by atoms with Gasteiger partial charge in [0.05, 0.1) is 6.61 Å². The second kappa shape index (κ2) is 12.3. The molecule has 1 aromatic carbocycles. The van der Waals surface area contributed by atoms with Crippen molar-refractivity contribution in [1.82, 2.24) is 5.32 Å². The molecule has 0 unspecified atom stereocenters. The van der Waals surface area contributed by atoms with E-state index in [2.05, 4.69) is 12.2 Å². The first-order chi connectivity index (χ1) is 10.8. The SMILES string of the molecule is CCCCCCCCOc1ccc(CNCCCO)c(N)c1. The van der Waals surface area contributed by atoms with Crippen LogP contribution in [-0.2, 0) is 6.54 Å². The van der Waals surface area contributed by atoms with Gasteiger partial charge in [0, 0.05) is 24.9 Å². The van der Waals surface area contributed by atoms with E-state index in [1.54, 1.807) is 0 Å². The van der Waals surface area contributed by atoms with E-state index in [1.807, 2.05) is 18.2 Å². The predicted molar refractivity (Wildman–Crippen MR) is 93.1 cm³/mol. The number of unbranched alkanes of at least 4 members (excludes halogenated alkanes) is 5. The van der Waals surface area contributed by atoms with E-state index < -0.39 is 0 Å². The third-order valence-corrected chi connectivity index (χ3v) is 3.71. The number of nitrogens with two attached hydrogens (primary N) is 1. The first-order valence-electron chi connectivity index (χ1n) is 8.60. The predicted octanol–water partition coefficient (Wildman–Crippen LogP) is 3.48. The van der Waals surface area contributed by atoms with Crippen LogP contribution in [0.25, 0.3) is 0 Å². The largest absolute Gasteiger partial charge is 0.494 e. The number of nitrogens with one attached hydrogen (secondary N) is 1. The van der Waals surface area contributed by atoms with Crippen LogP contribution in [0.3, 0.4) is 0 Å². The lowest BCUT2D eigenvalue weighted by Gasteiger charge is -2.11. The minimum Gasteiger partial charge on any atom is -0.494 e. The summed E-state index contributed by atoms with van der Waals surface area (Å²) >= 11 is 0. The zero-order valence-corrected chi connectivity index (χ0v) is 13.9. The van der Waals surface area contributed by atoms with Gasteiger partial charge in [-0.3, -0.25) is 0 Å². The summed E-state index contributed by atoms with van der Waals surface area (Å²) in [6.45, 7) is 4.74. The van der Waals surface area contributed by atoms with E-state index in [1.165, 1.54) is 32.1 Å². The van der Waals surface area contributed by atoms with Gasteiger partial charge in [0.25, 0.3) is 0 Å². The molecule has 0 saturated carbocycles. The highest BCUT2D eigenvalue weighted by Gasteiger charge is 2.02. The van der Waals surface area contributed by atoms with Crippen LogP contribution in [0, 0.1) is 0 Å². The maximum atomic E-state index is 8.74. The van der Waals surface area contributed by atoms with E-state index in [0.29, 0.717) is 0 Å². The number of aliphatic hydroxyl groups is 1. The van der Waals surface area contributed by atoms with Gasteiger partial charge in [-0.25, -0.2) is 0 Å². The Balaban J connectivity index is 2.21. The lowest BCUT2D eigenvalue weighted by atomic mass is 10.1. The van der Waals surface area contributed by atoms with Crippen LogP contribution >= 0.6 is 0 Å². The molecule has 0 aliphatic heterocycles. The van der Waals surface area contributed by atoms with Crippen molar-refractivity contribution in [2.24, 2.45) is 0 Å². The smallest absolute Gasteiger partial charge is 0.121 e. The van der Waals surface area contributed by atoms with Crippen LogP contribution in [0.5, 0.6) is 5.75 Å². The van der Waals surface area contributed by atoms with Crippen LogP contribution in [-0.4, -0.2) is 24.9 Å². The molecule has 4 heteroatoms. The lowest BCUT2D eigenvalue weighted by molar-refractivity contribution is 0.286. The van der Waals surface area contributed by atoms with Gasteiger partial charge in [0.15, 0.2) is 0 Å². The van der Waals surface area contributed by atoms with Crippen LogP contribution < -0.4 is 15.8 Å².